The lowest BCUT2D eigenvalue weighted by Gasteiger charge is -2.04. The quantitative estimate of drug-likeness (QED) is 0.659. The normalized spacial score (nSPS) is 10.4. The van der Waals surface area contributed by atoms with Crippen molar-refractivity contribution >= 4 is 45.5 Å². The van der Waals surface area contributed by atoms with Crippen molar-refractivity contribution in [1.82, 2.24) is 9.97 Å². The van der Waals surface area contributed by atoms with E-state index in [0.29, 0.717) is 5.56 Å². The molecule has 0 radical (unpaired) electrons. The summed E-state index contributed by atoms with van der Waals surface area (Å²) in [6.45, 7) is 0. The van der Waals surface area contributed by atoms with Crippen molar-refractivity contribution in [2.24, 2.45) is 0 Å². The summed E-state index contributed by atoms with van der Waals surface area (Å²) in [6.07, 6.45) is 3.41. The first-order chi connectivity index (χ1) is 9.72. The van der Waals surface area contributed by atoms with Crippen LogP contribution < -0.4 is 5.32 Å². The fraction of sp³-hybridized carbons (Fsp3) is 0. The molecule has 100 valence electrons. The zero-order valence-electron chi connectivity index (χ0n) is 10.3. The Kier molecular flexibility index (Phi) is 3.83. The number of halogens is 1. The first kappa shape index (κ1) is 13.3. The van der Waals surface area contributed by atoms with Crippen molar-refractivity contribution in [2.75, 3.05) is 5.32 Å². The number of carbonyl (C=O) groups excluding carboxylic acids is 1. The summed E-state index contributed by atoms with van der Waals surface area (Å²) in [4.78, 5) is 19.0. The zero-order chi connectivity index (χ0) is 13.9. The number of amides is 1. The van der Waals surface area contributed by atoms with Gasteiger partial charge in [0, 0.05) is 11.1 Å². The predicted molar refractivity (Wildman–Crippen MR) is 89.0 cm³/mol. The van der Waals surface area contributed by atoms with Crippen LogP contribution >= 0.6 is 33.9 Å². The van der Waals surface area contributed by atoms with Crippen LogP contribution in [-0.2, 0) is 0 Å². The molecule has 6 heteroatoms. The molecule has 2 heterocycles. The minimum Gasteiger partial charge on any atom is -0.345 e. The van der Waals surface area contributed by atoms with Crippen molar-refractivity contribution in [3.63, 3.8) is 0 Å². The number of H-pyrrole nitrogens is 1. The minimum absolute atomic E-state index is 0.0848. The summed E-state index contributed by atoms with van der Waals surface area (Å²) in [5, 5.41) is 4.74. The molecule has 1 aromatic carbocycles. The molecule has 0 aliphatic rings. The number of carbonyl (C=O) groups is 1. The number of anilines is 1. The van der Waals surface area contributed by atoms with Crippen LogP contribution in [0.1, 0.15) is 10.4 Å². The lowest BCUT2D eigenvalue weighted by atomic mass is 10.1. The fourth-order valence-electron chi connectivity index (χ4n) is 1.78. The SMILES string of the molecule is O=C(Nc1ccc(-c2cnc[nH]2)cc1)c1csc(I)c1. The molecule has 1 amide bonds. The summed E-state index contributed by atoms with van der Waals surface area (Å²) < 4.78 is 1.10. The van der Waals surface area contributed by atoms with Crippen molar-refractivity contribution < 1.29 is 4.79 Å². The third-order valence-corrected chi connectivity index (χ3v) is 4.57. The van der Waals surface area contributed by atoms with Crippen LogP contribution in [0.5, 0.6) is 0 Å². The second-order valence-electron chi connectivity index (χ2n) is 4.14. The Morgan fingerprint density at radius 1 is 1.30 bits per heavy atom. The zero-order valence-corrected chi connectivity index (χ0v) is 13.2. The number of aromatic nitrogens is 2. The minimum atomic E-state index is -0.0848. The van der Waals surface area contributed by atoms with E-state index in [-0.39, 0.29) is 5.91 Å². The Balaban J connectivity index is 1.74. The summed E-state index contributed by atoms with van der Waals surface area (Å²) in [7, 11) is 0. The van der Waals surface area contributed by atoms with E-state index in [4.69, 9.17) is 0 Å². The Morgan fingerprint density at radius 3 is 2.70 bits per heavy atom. The van der Waals surface area contributed by atoms with E-state index < -0.39 is 0 Å². The Hall–Kier alpha value is -1.67. The summed E-state index contributed by atoms with van der Waals surface area (Å²) in [6, 6.07) is 9.53. The third-order valence-electron chi connectivity index (χ3n) is 2.78. The van der Waals surface area contributed by atoms with Gasteiger partial charge in [0.2, 0.25) is 0 Å². The van der Waals surface area contributed by atoms with Crippen LogP contribution in [0.2, 0.25) is 0 Å². The average molecular weight is 395 g/mol. The molecule has 2 N–H and O–H groups in total. The Morgan fingerprint density at radius 2 is 2.10 bits per heavy atom. The number of nitrogens with one attached hydrogen (secondary N) is 2. The highest BCUT2D eigenvalue weighted by atomic mass is 127. The maximum absolute atomic E-state index is 12.0. The van der Waals surface area contributed by atoms with Crippen LogP contribution in [0.25, 0.3) is 11.3 Å². The molecule has 0 aliphatic carbocycles. The van der Waals surface area contributed by atoms with E-state index in [9.17, 15) is 4.79 Å². The van der Waals surface area contributed by atoms with Gasteiger partial charge in [0.05, 0.1) is 26.7 Å². The van der Waals surface area contributed by atoms with Crippen molar-refractivity contribution in [1.29, 1.82) is 0 Å². The molecule has 0 aliphatic heterocycles. The topological polar surface area (TPSA) is 57.8 Å². The van der Waals surface area contributed by atoms with Gasteiger partial charge in [-0.25, -0.2) is 4.98 Å². The van der Waals surface area contributed by atoms with Crippen LogP contribution in [0, 0.1) is 2.88 Å². The monoisotopic (exact) mass is 395 g/mol. The number of rotatable bonds is 3. The highest BCUT2D eigenvalue weighted by Crippen LogP contribution is 2.21. The van der Waals surface area contributed by atoms with Crippen LogP contribution in [-0.4, -0.2) is 15.9 Å². The first-order valence-corrected chi connectivity index (χ1v) is 7.82. The van der Waals surface area contributed by atoms with E-state index in [1.807, 2.05) is 35.7 Å². The highest BCUT2D eigenvalue weighted by Gasteiger charge is 2.08. The smallest absolute Gasteiger partial charge is 0.256 e. The first-order valence-electron chi connectivity index (χ1n) is 5.86. The molecule has 0 fully saturated rings. The molecule has 4 nitrogen and oxygen atoms in total. The molecular formula is C14H10IN3OS. The van der Waals surface area contributed by atoms with Crippen LogP contribution in [0.4, 0.5) is 5.69 Å². The van der Waals surface area contributed by atoms with Gasteiger partial charge in [-0.15, -0.1) is 11.3 Å². The number of nitrogens with zero attached hydrogens (tertiary/aromatic N) is 1. The van der Waals surface area contributed by atoms with Crippen LogP contribution in [0.15, 0.2) is 48.2 Å². The number of imidazole rings is 1. The van der Waals surface area contributed by atoms with Crippen molar-refractivity contribution in [3.8, 4) is 11.3 Å². The molecule has 0 bridgehead atoms. The van der Waals surface area contributed by atoms with Crippen molar-refractivity contribution in [2.45, 2.75) is 0 Å². The maximum Gasteiger partial charge on any atom is 0.256 e. The van der Waals surface area contributed by atoms with Crippen LogP contribution in [0.3, 0.4) is 0 Å². The number of hydrogen-bond donors (Lipinski definition) is 2. The lowest BCUT2D eigenvalue weighted by Crippen LogP contribution is -2.10. The van der Waals surface area contributed by atoms with E-state index in [2.05, 4.69) is 37.9 Å². The molecule has 0 saturated carbocycles. The van der Waals surface area contributed by atoms with Crippen molar-refractivity contribution in [3.05, 3.63) is 56.7 Å². The van der Waals surface area contributed by atoms with E-state index in [0.717, 1.165) is 19.8 Å². The number of thiophene rings is 1. The average Bonchev–Trinajstić information content (AvgIpc) is 3.10. The summed E-state index contributed by atoms with van der Waals surface area (Å²) in [5.74, 6) is -0.0848. The van der Waals surface area contributed by atoms with Gasteiger partial charge >= 0.3 is 0 Å². The van der Waals surface area contributed by atoms with Gasteiger partial charge in [-0.3, -0.25) is 4.79 Å². The number of aromatic amines is 1. The van der Waals surface area contributed by atoms with E-state index in [1.165, 1.54) is 0 Å². The van der Waals surface area contributed by atoms with Gasteiger partial charge in [0.25, 0.3) is 5.91 Å². The molecule has 3 rings (SSSR count). The molecule has 2 aromatic heterocycles. The number of hydrogen-bond acceptors (Lipinski definition) is 3. The fourth-order valence-corrected chi connectivity index (χ4v) is 3.11. The standard InChI is InChI=1S/C14H10IN3OS/c15-13-5-10(7-20-13)14(19)18-11-3-1-9(2-4-11)12-6-16-8-17-12/h1-8H,(H,16,17)(H,18,19). The summed E-state index contributed by atoms with van der Waals surface area (Å²) >= 11 is 3.76. The molecular weight excluding hydrogens is 385 g/mol. The van der Waals surface area contributed by atoms with Gasteiger partial charge in [0.15, 0.2) is 0 Å². The van der Waals surface area contributed by atoms with Gasteiger partial charge in [-0.2, -0.15) is 0 Å². The van der Waals surface area contributed by atoms with Gasteiger partial charge in [-0.1, -0.05) is 12.1 Å². The Labute approximate surface area is 133 Å². The molecule has 0 spiro atoms. The molecule has 0 atom stereocenters. The second-order valence-corrected chi connectivity index (χ2v) is 6.94. The summed E-state index contributed by atoms with van der Waals surface area (Å²) in [5.41, 5.74) is 3.46. The van der Waals surface area contributed by atoms with E-state index >= 15 is 0 Å². The molecule has 0 saturated heterocycles. The highest BCUT2D eigenvalue weighted by molar-refractivity contribution is 14.1. The molecule has 0 unspecified atom stereocenters. The molecule has 3 aromatic rings. The second kappa shape index (κ2) is 5.76. The van der Waals surface area contributed by atoms with E-state index in [1.54, 1.807) is 23.9 Å². The number of benzene rings is 1. The van der Waals surface area contributed by atoms with Gasteiger partial charge in [0.1, 0.15) is 0 Å². The van der Waals surface area contributed by atoms with Gasteiger partial charge in [-0.05, 0) is 46.4 Å². The lowest BCUT2D eigenvalue weighted by molar-refractivity contribution is 0.102. The maximum atomic E-state index is 12.0. The third kappa shape index (κ3) is 2.91. The predicted octanol–water partition coefficient (Wildman–Crippen LogP) is 4.00. The Bertz CT molecular complexity index is 719. The largest absolute Gasteiger partial charge is 0.345 e. The molecule has 20 heavy (non-hydrogen) atoms. The van der Waals surface area contributed by atoms with Gasteiger partial charge < -0.3 is 10.3 Å².